The van der Waals surface area contributed by atoms with Gasteiger partial charge >= 0.3 is 0 Å². The predicted octanol–water partition coefficient (Wildman–Crippen LogP) is 4.28. The number of rotatable bonds is 8. The van der Waals surface area contributed by atoms with Gasteiger partial charge in [0.1, 0.15) is 12.3 Å². The van der Waals surface area contributed by atoms with Crippen LogP contribution in [0.5, 0.6) is 5.75 Å². The Kier molecular flexibility index (Phi) is 6.63. The summed E-state index contributed by atoms with van der Waals surface area (Å²) in [5.41, 5.74) is 6.34. The van der Waals surface area contributed by atoms with E-state index in [-0.39, 0.29) is 25.0 Å². The Bertz CT molecular complexity index is 1510. The SMILES string of the molecule is Cc1ccc(NC(=O)COc2ccc(/C=N\NC(=O)CN3C(=O)c4cccc5cccc3c45)cc2)cc1. The van der Waals surface area contributed by atoms with Crippen LogP contribution >= 0.6 is 0 Å². The summed E-state index contributed by atoms with van der Waals surface area (Å²) in [6.45, 7) is 1.72. The van der Waals surface area contributed by atoms with Crippen LogP contribution in [0.15, 0.2) is 90.0 Å². The molecule has 0 aromatic heterocycles. The highest BCUT2D eigenvalue weighted by Crippen LogP contribution is 2.36. The third-order valence-electron chi connectivity index (χ3n) is 5.94. The Hall–Kier alpha value is -4.98. The number of nitrogens with one attached hydrogen (secondary N) is 2. The minimum Gasteiger partial charge on any atom is -0.484 e. The van der Waals surface area contributed by atoms with Crippen molar-refractivity contribution in [1.29, 1.82) is 0 Å². The lowest BCUT2D eigenvalue weighted by Crippen LogP contribution is -2.37. The number of amides is 3. The lowest BCUT2D eigenvalue weighted by atomic mass is 10.1. The standard InChI is InChI=1S/C29H24N4O4/c1-19-8-12-22(13-9-19)31-27(35)18-37-23-14-10-20(11-15-23)16-30-32-26(34)17-33-25-7-3-5-21-4-2-6-24(28(21)25)29(33)36/h2-16H,17-18H2,1H3,(H,31,35)(H,32,34)/b30-16-. The fourth-order valence-corrected chi connectivity index (χ4v) is 4.13. The van der Waals surface area contributed by atoms with Crippen molar-refractivity contribution in [3.05, 3.63) is 102 Å². The van der Waals surface area contributed by atoms with Gasteiger partial charge in [-0.3, -0.25) is 19.3 Å². The van der Waals surface area contributed by atoms with Crippen LogP contribution in [-0.2, 0) is 9.59 Å². The van der Waals surface area contributed by atoms with Crippen LogP contribution < -0.4 is 20.4 Å². The topological polar surface area (TPSA) is 100 Å². The number of ether oxygens (including phenoxy) is 1. The molecule has 0 bridgehead atoms. The molecule has 4 aromatic rings. The van der Waals surface area contributed by atoms with Gasteiger partial charge in [0, 0.05) is 16.6 Å². The molecule has 0 aliphatic carbocycles. The van der Waals surface area contributed by atoms with E-state index in [2.05, 4.69) is 15.8 Å². The molecular weight excluding hydrogens is 468 g/mol. The molecule has 0 saturated heterocycles. The zero-order chi connectivity index (χ0) is 25.8. The summed E-state index contributed by atoms with van der Waals surface area (Å²) < 4.78 is 5.53. The lowest BCUT2D eigenvalue weighted by Gasteiger charge is -2.16. The number of hydrogen-bond acceptors (Lipinski definition) is 5. The van der Waals surface area contributed by atoms with Crippen molar-refractivity contribution in [1.82, 2.24) is 5.43 Å². The normalized spacial score (nSPS) is 12.2. The second-order valence-electron chi connectivity index (χ2n) is 8.64. The van der Waals surface area contributed by atoms with Gasteiger partial charge in [-0.25, -0.2) is 5.43 Å². The monoisotopic (exact) mass is 492 g/mol. The van der Waals surface area contributed by atoms with Gasteiger partial charge in [-0.15, -0.1) is 0 Å². The highest BCUT2D eigenvalue weighted by Gasteiger charge is 2.30. The van der Waals surface area contributed by atoms with Crippen LogP contribution in [0, 0.1) is 6.92 Å². The Morgan fingerprint density at radius 1 is 0.919 bits per heavy atom. The summed E-state index contributed by atoms with van der Waals surface area (Å²) in [6, 6.07) is 25.6. The zero-order valence-corrected chi connectivity index (χ0v) is 20.1. The van der Waals surface area contributed by atoms with Crippen LogP contribution in [-0.4, -0.2) is 37.1 Å². The van der Waals surface area contributed by atoms with E-state index >= 15 is 0 Å². The number of benzene rings is 4. The van der Waals surface area contributed by atoms with Gasteiger partial charge in [-0.05, 0) is 66.4 Å². The van der Waals surface area contributed by atoms with E-state index in [0.29, 0.717) is 17.0 Å². The molecule has 0 fully saturated rings. The molecule has 184 valence electrons. The average molecular weight is 493 g/mol. The number of anilines is 2. The third-order valence-corrected chi connectivity index (χ3v) is 5.94. The molecular formula is C29H24N4O4. The Morgan fingerprint density at radius 2 is 1.65 bits per heavy atom. The van der Waals surface area contributed by atoms with Crippen LogP contribution in [0.3, 0.4) is 0 Å². The molecule has 1 aliphatic heterocycles. The third kappa shape index (κ3) is 5.33. The summed E-state index contributed by atoms with van der Waals surface area (Å²) in [5, 5.41) is 8.60. The maximum Gasteiger partial charge on any atom is 0.262 e. The van der Waals surface area contributed by atoms with Crippen molar-refractivity contribution < 1.29 is 19.1 Å². The molecule has 0 atom stereocenters. The largest absolute Gasteiger partial charge is 0.484 e. The maximum atomic E-state index is 12.8. The van der Waals surface area contributed by atoms with Crippen LogP contribution in [0.1, 0.15) is 21.5 Å². The number of carbonyl (C=O) groups is 3. The molecule has 0 radical (unpaired) electrons. The van der Waals surface area contributed by atoms with Gasteiger partial charge in [0.05, 0.1) is 11.9 Å². The van der Waals surface area contributed by atoms with Crippen molar-refractivity contribution in [3.63, 3.8) is 0 Å². The second kappa shape index (κ2) is 10.3. The van der Waals surface area contributed by atoms with Crippen molar-refractivity contribution in [2.45, 2.75) is 6.92 Å². The van der Waals surface area contributed by atoms with Crippen LogP contribution in [0.2, 0.25) is 0 Å². The van der Waals surface area contributed by atoms with Crippen LogP contribution in [0.25, 0.3) is 10.8 Å². The van der Waals surface area contributed by atoms with E-state index in [4.69, 9.17) is 4.74 Å². The fraction of sp³-hybridized carbons (Fsp3) is 0.103. The maximum absolute atomic E-state index is 12.8. The number of aryl methyl sites for hydroxylation is 1. The molecule has 8 nitrogen and oxygen atoms in total. The first-order valence-corrected chi connectivity index (χ1v) is 11.7. The summed E-state index contributed by atoms with van der Waals surface area (Å²) >= 11 is 0. The zero-order valence-electron chi connectivity index (χ0n) is 20.1. The minimum atomic E-state index is -0.408. The summed E-state index contributed by atoms with van der Waals surface area (Å²) in [5.74, 6) is -0.336. The Morgan fingerprint density at radius 3 is 2.41 bits per heavy atom. The van der Waals surface area contributed by atoms with Crippen molar-refractivity contribution in [2.75, 3.05) is 23.4 Å². The first-order valence-electron chi connectivity index (χ1n) is 11.7. The van der Waals surface area contributed by atoms with Crippen molar-refractivity contribution in [3.8, 4) is 5.75 Å². The molecule has 0 saturated carbocycles. The number of carbonyl (C=O) groups excluding carboxylic acids is 3. The van der Waals surface area contributed by atoms with E-state index in [1.165, 1.54) is 11.1 Å². The van der Waals surface area contributed by atoms with Gasteiger partial charge in [-0.1, -0.05) is 42.0 Å². The van der Waals surface area contributed by atoms with Crippen molar-refractivity contribution in [2.24, 2.45) is 5.10 Å². The number of hydrogen-bond donors (Lipinski definition) is 2. The molecule has 2 N–H and O–H groups in total. The van der Waals surface area contributed by atoms with Gasteiger partial charge in [0.15, 0.2) is 6.61 Å². The molecule has 1 aliphatic rings. The first kappa shape index (κ1) is 23.7. The highest BCUT2D eigenvalue weighted by atomic mass is 16.5. The van der Waals surface area contributed by atoms with E-state index in [0.717, 1.165) is 27.6 Å². The smallest absolute Gasteiger partial charge is 0.262 e. The molecule has 0 unspecified atom stereocenters. The Balaban J connectivity index is 1.11. The van der Waals surface area contributed by atoms with E-state index in [9.17, 15) is 14.4 Å². The average Bonchev–Trinajstić information content (AvgIpc) is 3.17. The van der Waals surface area contributed by atoms with E-state index in [1.807, 2.05) is 61.5 Å². The minimum absolute atomic E-state index is 0.121. The van der Waals surface area contributed by atoms with E-state index in [1.54, 1.807) is 30.3 Å². The predicted molar refractivity (Wildman–Crippen MR) is 143 cm³/mol. The van der Waals surface area contributed by atoms with Gasteiger partial charge in [0.2, 0.25) is 0 Å². The molecule has 37 heavy (non-hydrogen) atoms. The quantitative estimate of drug-likeness (QED) is 0.283. The molecule has 0 spiro atoms. The van der Waals surface area contributed by atoms with E-state index < -0.39 is 5.91 Å². The molecule has 4 aromatic carbocycles. The molecule has 5 rings (SSSR count). The summed E-state index contributed by atoms with van der Waals surface area (Å²) in [7, 11) is 0. The molecule has 1 heterocycles. The number of hydrazone groups is 1. The number of nitrogens with zero attached hydrogens (tertiary/aromatic N) is 2. The van der Waals surface area contributed by atoms with Gasteiger partial charge < -0.3 is 10.1 Å². The summed E-state index contributed by atoms with van der Waals surface area (Å²) in [4.78, 5) is 38.8. The molecule has 3 amide bonds. The first-order chi connectivity index (χ1) is 18.0. The lowest BCUT2D eigenvalue weighted by molar-refractivity contribution is -0.120. The Labute approximate surface area is 213 Å². The fourth-order valence-electron chi connectivity index (χ4n) is 4.13. The van der Waals surface area contributed by atoms with Crippen LogP contribution in [0.4, 0.5) is 11.4 Å². The van der Waals surface area contributed by atoms with Gasteiger partial charge in [0.25, 0.3) is 17.7 Å². The summed E-state index contributed by atoms with van der Waals surface area (Å²) in [6.07, 6.45) is 1.49. The second-order valence-corrected chi connectivity index (χ2v) is 8.64. The molecule has 8 heteroatoms. The van der Waals surface area contributed by atoms with Gasteiger partial charge in [-0.2, -0.15) is 5.10 Å². The van der Waals surface area contributed by atoms with Crippen molar-refractivity contribution >= 4 is 46.1 Å². The highest BCUT2D eigenvalue weighted by molar-refractivity contribution is 6.26.